The summed E-state index contributed by atoms with van der Waals surface area (Å²) in [5, 5.41) is 16.2. The second-order valence-corrected chi connectivity index (χ2v) is 2.79. The van der Waals surface area contributed by atoms with Gasteiger partial charge in [0.25, 0.3) is 0 Å². The van der Waals surface area contributed by atoms with Gasteiger partial charge in [-0.25, -0.2) is 4.79 Å². The fourth-order valence-electron chi connectivity index (χ4n) is 0.880. The summed E-state index contributed by atoms with van der Waals surface area (Å²) >= 11 is 0. The Morgan fingerprint density at radius 2 is 2.09 bits per heavy atom. The van der Waals surface area contributed by atoms with Gasteiger partial charge in [0.2, 0.25) is 0 Å². The van der Waals surface area contributed by atoms with Gasteiger partial charge in [-0.15, -0.1) is 0 Å². The molecule has 0 aliphatic carbocycles. The second kappa shape index (κ2) is 2.15. The molecule has 1 N–H and O–H groups in total. The van der Waals surface area contributed by atoms with E-state index in [1.165, 1.54) is 0 Å². The molecule has 0 spiro atoms. The molecule has 1 heterocycles. The largest absolute Gasteiger partial charge is 0.479 e. The number of allylic oxidation sites excluding steroid dienone is 1. The first-order valence-corrected chi connectivity index (χ1v) is 3.32. The summed E-state index contributed by atoms with van der Waals surface area (Å²) in [6, 6.07) is 0. The molecule has 1 unspecified atom stereocenters. The molecule has 11 heavy (non-hydrogen) atoms. The molecule has 0 bridgehead atoms. The van der Waals surface area contributed by atoms with Gasteiger partial charge < -0.3 is 5.11 Å². The number of hydrogen-bond acceptors (Lipinski definition) is 3. The maximum absolute atomic E-state index is 10.7. The predicted octanol–water partition coefficient (Wildman–Crippen LogP) is 1.59. The summed E-state index contributed by atoms with van der Waals surface area (Å²) in [7, 11) is 0. The Morgan fingerprint density at radius 3 is 2.27 bits per heavy atom. The highest BCUT2D eigenvalue weighted by Crippen LogP contribution is 2.31. The number of aliphatic carboxylic acids is 1. The van der Waals surface area contributed by atoms with Crippen LogP contribution in [0.1, 0.15) is 20.8 Å². The van der Waals surface area contributed by atoms with Gasteiger partial charge in [-0.05, 0) is 26.3 Å². The molecule has 0 radical (unpaired) electrons. The van der Waals surface area contributed by atoms with Gasteiger partial charge in [0.15, 0.2) is 5.54 Å². The topological polar surface area (TPSA) is 62.0 Å². The van der Waals surface area contributed by atoms with Crippen molar-refractivity contribution in [2.45, 2.75) is 26.3 Å². The van der Waals surface area contributed by atoms with E-state index >= 15 is 0 Å². The van der Waals surface area contributed by atoms with Crippen molar-refractivity contribution in [2.24, 2.45) is 10.2 Å². The van der Waals surface area contributed by atoms with Crippen LogP contribution in [-0.4, -0.2) is 16.6 Å². The van der Waals surface area contributed by atoms with Crippen molar-refractivity contribution in [3.8, 4) is 0 Å². The maximum Gasteiger partial charge on any atom is 0.337 e. The number of nitrogens with zero attached hydrogens (tertiary/aromatic N) is 2. The highest BCUT2D eigenvalue weighted by atomic mass is 16.4. The number of rotatable bonds is 1. The van der Waals surface area contributed by atoms with E-state index in [9.17, 15) is 4.79 Å². The molecule has 1 rings (SSSR count). The van der Waals surface area contributed by atoms with Gasteiger partial charge in [0.1, 0.15) is 0 Å². The highest BCUT2D eigenvalue weighted by Gasteiger charge is 2.39. The molecule has 0 saturated carbocycles. The Labute approximate surface area is 64.6 Å². The predicted molar refractivity (Wildman–Crippen MR) is 39.3 cm³/mol. The Morgan fingerprint density at radius 1 is 1.55 bits per heavy atom. The smallest absolute Gasteiger partial charge is 0.337 e. The fraction of sp³-hybridized carbons (Fsp3) is 0.571. The van der Waals surface area contributed by atoms with Crippen LogP contribution in [-0.2, 0) is 4.79 Å². The standard InChI is InChI=1S/C7H10N2O2/c1-4-5(2)8-9-7(4,3)6(10)11/h1-3H3,(H,10,11). The van der Waals surface area contributed by atoms with Crippen LogP contribution in [0.15, 0.2) is 21.5 Å². The Balaban J connectivity index is 3.12. The van der Waals surface area contributed by atoms with Crippen LogP contribution in [0.25, 0.3) is 0 Å². The lowest BCUT2D eigenvalue weighted by Gasteiger charge is -2.14. The van der Waals surface area contributed by atoms with Crippen molar-refractivity contribution in [1.82, 2.24) is 0 Å². The van der Waals surface area contributed by atoms with Crippen LogP contribution < -0.4 is 0 Å². The Kier molecular flexibility index (Phi) is 1.55. The molecule has 0 aromatic carbocycles. The maximum atomic E-state index is 10.7. The fourth-order valence-corrected chi connectivity index (χ4v) is 0.880. The normalized spacial score (nSPS) is 29.7. The zero-order chi connectivity index (χ0) is 8.65. The quantitative estimate of drug-likeness (QED) is 0.623. The molecule has 1 atom stereocenters. The van der Waals surface area contributed by atoms with Crippen molar-refractivity contribution in [1.29, 1.82) is 0 Å². The Bertz CT molecular complexity index is 268. The zero-order valence-corrected chi connectivity index (χ0v) is 6.75. The molecule has 0 fully saturated rings. The van der Waals surface area contributed by atoms with E-state index in [2.05, 4.69) is 10.2 Å². The summed E-state index contributed by atoms with van der Waals surface area (Å²) in [5.41, 5.74) is 0.296. The molecule has 1 aliphatic rings. The van der Waals surface area contributed by atoms with Crippen molar-refractivity contribution >= 4 is 5.97 Å². The lowest BCUT2D eigenvalue weighted by atomic mass is 9.94. The third-order valence-electron chi connectivity index (χ3n) is 2.09. The monoisotopic (exact) mass is 154 g/mol. The second-order valence-electron chi connectivity index (χ2n) is 2.79. The molecule has 1 aliphatic heterocycles. The number of carboxylic acids is 1. The van der Waals surface area contributed by atoms with Gasteiger partial charge in [0.05, 0.1) is 5.70 Å². The van der Waals surface area contributed by atoms with Gasteiger partial charge >= 0.3 is 5.97 Å². The minimum atomic E-state index is -1.12. The molecule has 0 amide bonds. The van der Waals surface area contributed by atoms with Gasteiger partial charge in [-0.2, -0.15) is 10.2 Å². The average Bonchev–Trinajstić information content (AvgIpc) is 2.18. The zero-order valence-electron chi connectivity index (χ0n) is 6.75. The third kappa shape index (κ3) is 0.943. The van der Waals surface area contributed by atoms with E-state index in [1.807, 2.05) is 0 Å². The van der Waals surface area contributed by atoms with E-state index in [0.29, 0.717) is 11.3 Å². The molecule has 60 valence electrons. The summed E-state index contributed by atoms with van der Waals surface area (Å²) in [6.45, 7) is 5.04. The molecule has 0 aromatic heterocycles. The molecule has 0 saturated heterocycles. The van der Waals surface area contributed by atoms with Gasteiger partial charge in [-0.1, -0.05) is 0 Å². The lowest BCUT2D eigenvalue weighted by Crippen LogP contribution is -2.32. The van der Waals surface area contributed by atoms with E-state index in [0.717, 1.165) is 0 Å². The van der Waals surface area contributed by atoms with E-state index < -0.39 is 11.5 Å². The minimum absolute atomic E-state index is 0.704. The van der Waals surface area contributed by atoms with Crippen LogP contribution in [0.4, 0.5) is 0 Å². The van der Waals surface area contributed by atoms with Crippen molar-refractivity contribution in [3.63, 3.8) is 0 Å². The molecular formula is C7H10N2O2. The van der Waals surface area contributed by atoms with Gasteiger partial charge in [-0.3, -0.25) is 0 Å². The first kappa shape index (κ1) is 7.91. The third-order valence-corrected chi connectivity index (χ3v) is 2.09. The summed E-state index contributed by atoms with van der Waals surface area (Å²) in [4.78, 5) is 10.7. The van der Waals surface area contributed by atoms with E-state index in [1.54, 1.807) is 20.8 Å². The van der Waals surface area contributed by atoms with Crippen LogP contribution in [0, 0.1) is 0 Å². The number of azo groups is 1. The van der Waals surface area contributed by atoms with Crippen LogP contribution in [0.3, 0.4) is 0 Å². The van der Waals surface area contributed by atoms with E-state index in [-0.39, 0.29) is 0 Å². The molecular weight excluding hydrogens is 144 g/mol. The first-order valence-electron chi connectivity index (χ1n) is 3.32. The van der Waals surface area contributed by atoms with Crippen molar-refractivity contribution in [2.75, 3.05) is 0 Å². The van der Waals surface area contributed by atoms with Crippen LogP contribution in [0.5, 0.6) is 0 Å². The number of carboxylic acid groups (broad SMARTS) is 1. The number of hydrogen-bond donors (Lipinski definition) is 1. The molecule has 4 nitrogen and oxygen atoms in total. The van der Waals surface area contributed by atoms with Crippen molar-refractivity contribution in [3.05, 3.63) is 11.3 Å². The average molecular weight is 154 g/mol. The SMILES string of the molecule is CC1=C(C)C(C)(C(=O)O)N=N1. The first-order chi connectivity index (χ1) is 4.98. The molecule has 0 aromatic rings. The Hall–Kier alpha value is -1.19. The molecule has 4 heteroatoms. The van der Waals surface area contributed by atoms with Gasteiger partial charge in [0, 0.05) is 0 Å². The van der Waals surface area contributed by atoms with Crippen LogP contribution in [0.2, 0.25) is 0 Å². The lowest BCUT2D eigenvalue weighted by molar-refractivity contribution is -0.141. The van der Waals surface area contributed by atoms with Crippen LogP contribution >= 0.6 is 0 Å². The summed E-state index contributed by atoms with van der Waals surface area (Å²) in [6.07, 6.45) is 0. The number of carbonyl (C=O) groups is 1. The van der Waals surface area contributed by atoms with E-state index in [4.69, 9.17) is 5.11 Å². The summed E-state index contributed by atoms with van der Waals surface area (Å²) < 4.78 is 0. The minimum Gasteiger partial charge on any atom is -0.479 e. The van der Waals surface area contributed by atoms with Crippen molar-refractivity contribution < 1.29 is 9.90 Å². The summed E-state index contributed by atoms with van der Waals surface area (Å²) in [5.74, 6) is -0.949. The highest BCUT2D eigenvalue weighted by molar-refractivity contribution is 5.83.